The summed E-state index contributed by atoms with van der Waals surface area (Å²) in [6.07, 6.45) is 2.70. The molecule has 1 aliphatic carbocycles. The molecule has 0 spiro atoms. The summed E-state index contributed by atoms with van der Waals surface area (Å²) in [7, 11) is 2.18. The van der Waals surface area contributed by atoms with Crippen LogP contribution in [0.3, 0.4) is 0 Å². The summed E-state index contributed by atoms with van der Waals surface area (Å²) in [4.78, 5) is 2.39. The molecule has 4 heteroatoms. The Hall–Kier alpha value is -0.840. The average molecular weight is 280 g/mol. The smallest absolute Gasteiger partial charge is 0.118 e. The van der Waals surface area contributed by atoms with E-state index in [0.29, 0.717) is 12.6 Å². The van der Waals surface area contributed by atoms with Crippen molar-refractivity contribution in [3.8, 4) is 0 Å². The Kier molecular flexibility index (Phi) is 5.64. The molecule has 1 heterocycles. The molecule has 0 aromatic carbocycles. The zero-order chi connectivity index (χ0) is 14.5. The third-order valence-corrected chi connectivity index (χ3v) is 3.77. The van der Waals surface area contributed by atoms with Gasteiger partial charge in [-0.1, -0.05) is 13.8 Å². The molecule has 114 valence electrons. The van der Waals surface area contributed by atoms with Crippen molar-refractivity contribution in [3.05, 3.63) is 23.2 Å². The summed E-state index contributed by atoms with van der Waals surface area (Å²) in [5.74, 6) is 1.96. The van der Waals surface area contributed by atoms with Gasteiger partial charge in [0.1, 0.15) is 11.5 Å². The van der Waals surface area contributed by atoms with Crippen LogP contribution in [0.25, 0.3) is 0 Å². The van der Waals surface area contributed by atoms with Crippen molar-refractivity contribution in [3.63, 3.8) is 0 Å². The number of hydrogen-bond donors (Lipinski definition) is 1. The number of nitrogens with zero attached hydrogens (tertiary/aromatic N) is 1. The van der Waals surface area contributed by atoms with Crippen LogP contribution >= 0.6 is 0 Å². The highest BCUT2D eigenvalue weighted by molar-refractivity contribution is 5.19. The summed E-state index contributed by atoms with van der Waals surface area (Å²) in [6, 6.07) is 3.39. The van der Waals surface area contributed by atoms with E-state index in [4.69, 9.17) is 9.15 Å². The minimum atomic E-state index is 0.470. The van der Waals surface area contributed by atoms with Gasteiger partial charge in [-0.15, -0.1) is 0 Å². The van der Waals surface area contributed by atoms with Crippen LogP contribution < -0.4 is 5.32 Å². The van der Waals surface area contributed by atoms with Gasteiger partial charge in [0.15, 0.2) is 0 Å². The predicted molar refractivity (Wildman–Crippen MR) is 80.7 cm³/mol. The highest BCUT2D eigenvalue weighted by Gasteiger charge is 2.25. The lowest BCUT2D eigenvalue weighted by atomic mass is 10.2. The number of likely N-dealkylation sites (N-methyl/N-ethyl adjacent to an activating group) is 1. The molecular formula is C16H28N2O2. The van der Waals surface area contributed by atoms with E-state index in [1.54, 1.807) is 0 Å². The molecule has 0 bridgehead atoms. The molecule has 20 heavy (non-hydrogen) atoms. The minimum Gasteiger partial charge on any atom is -0.465 e. The van der Waals surface area contributed by atoms with Crippen molar-refractivity contribution in [2.24, 2.45) is 0 Å². The fourth-order valence-corrected chi connectivity index (χ4v) is 2.21. The molecule has 0 unspecified atom stereocenters. The van der Waals surface area contributed by atoms with Crippen molar-refractivity contribution >= 4 is 0 Å². The Balaban J connectivity index is 1.69. The summed E-state index contributed by atoms with van der Waals surface area (Å²) >= 11 is 0. The van der Waals surface area contributed by atoms with Gasteiger partial charge in [0.2, 0.25) is 0 Å². The lowest BCUT2D eigenvalue weighted by Crippen LogP contribution is -2.25. The molecule has 0 radical (unpaired) electrons. The van der Waals surface area contributed by atoms with Crippen LogP contribution in [-0.4, -0.2) is 37.2 Å². The Labute approximate surface area is 122 Å². The molecule has 0 aliphatic heterocycles. The van der Waals surface area contributed by atoms with E-state index in [2.05, 4.69) is 37.2 Å². The van der Waals surface area contributed by atoms with E-state index in [9.17, 15) is 0 Å². The molecule has 1 aromatic rings. The van der Waals surface area contributed by atoms with Crippen molar-refractivity contribution < 1.29 is 9.15 Å². The van der Waals surface area contributed by atoms with E-state index in [-0.39, 0.29) is 0 Å². The molecule has 1 aromatic heterocycles. The van der Waals surface area contributed by atoms with Gasteiger partial charge in [-0.3, -0.25) is 0 Å². The third kappa shape index (κ3) is 4.93. The van der Waals surface area contributed by atoms with Crippen molar-refractivity contribution in [2.75, 3.05) is 20.2 Å². The van der Waals surface area contributed by atoms with Gasteiger partial charge < -0.3 is 19.4 Å². The SMILES string of the molecule is Cc1oc(CNC(C)C)cc1COCCN(C)C1CC1. The highest BCUT2D eigenvalue weighted by atomic mass is 16.5. The van der Waals surface area contributed by atoms with E-state index in [0.717, 1.165) is 37.3 Å². The maximum Gasteiger partial charge on any atom is 0.118 e. The zero-order valence-corrected chi connectivity index (χ0v) is 13.2. The van der Waals surface area contributed by atoms with E-state index >= 15 is 0 Å². The Morgan fingerprint density at radius 2 is 2.20 bits per heavy atom. The van der Waals surface area contributed by atoms with Gasteiger partial charge >= 0.3 is 0 Å². The van der Waals surface area contributed by atoms with Crippen LogP contribution in [-0.2, 0) is 17.9 Å². The molecule has 2 rings (SSSR count). The number of ether oxygens (including phenoxy) is 1. The number of hydrogen-bond acceptors (Lipinski definition) is 4. The maximum atomic E-state index is 5.77. The van der Waals surface area contributed by atoms with Crippen LogP contribution in [0.15, 0.2) is 10.5 Å². The Bertz CT molecular complexity index is 411. The number of aryl methyl sites for hydroxylation is 1. The Morgan fingerprint density at radius 3 is 2.85 bits per heavy atom. The van der Waals surface area contributed by atoms with Gasteiger partial charge in [-0.2, -0.15) is 0 Å². The summed E-state index contributed by atoms with van der Waals surface area (Å²) < 4.78 is 11.5. The molecule has 1 aliphatic rings. The molecule has 1 fully saturated rings. The second-order valence-corrected chi connectivity index (χ2v) is 6.09. The minimum absolute atomic E-state index is 0.470. The first kappa shape index (κ1) is 15.5. The van der Waals surface area contributed by atoms with Crippen LogP contribution in [0.1, 0.15) is 43.8 Å². The first-order valence-corrected chi connectivity index (χ1v) is 7.66. The van der Waals surface area contributed by atoms with E-state index in [1.807, 2.05) is 6.92 Å². The predicted octanol–water partition coefficient (Wildman–Crippen LogP) is 2.70. The van der Waals surface area contributed by atoms with Crippen molar-refractivity contribution in [2.45, 2.75) is 58.8 Å². The van der Waals surface area contributed by atoms with E-state index < -0.39 is 0 Å². The average Bonchev–Trinajstić information content (AvgIpc) is 3.18. The molecular weight excluding hydrogens is 252 g/mol. The normalized spacial score (nSPS) is 15.5. The number of rotatable bonds is 9. The first-order valence-electron chi connectivity index (χ1n) is 7.66. The summed E-state index contributed by atoms with van der Waals surface area (Å²) in [5, 5.41) is 3.36. The fraction of sp³-hybridized carbons (Fsp3) is 0.750. The van der Waals surface area contributed by atoms with Gasteiger partial charge in [-0.05, 0) is 32.9 Å². The van der Waals surface area contributed by atoms with Crippen LogP contribution in [0, 0.1) is 6.92 Å². The van der Waals surface area contributed by atoms with Gasteiger partial charge in [0, 0.05) is 24.2 Å². The maximum absolute atomic E-state index is 5.77. The topological polar surface area (TPSA) is 37.6 Å². The van der Waals surface area contributed by atoms with Gasteiger partial charge in [-0.25, -0.2) is 0 Å². The molecule has 1 N–H and O–H groups in total. The van der Waals surface area contributed by atoms with Crippen LogP contribution in [0.4, 0.5) is 0 Å². The lowest BCUT2D eigenvalue weighted by molar-refractivity contribution is 0.0971. The lowest BCUT2D eigenvalue weighted by Gasteiger charge is -2.15. The van der Waals surface area contributed by atoms with Gasteiger partial charge in [0.05, 0.1) is 19.8 Å². The number of furan rings is 1. The second kappa shape index (κ2) is 7.25. The van der Waals surface area contributed by atoms with Gasteiger partial charge in [0.25, 0.3) is 0 Å². The first-order chi connectivity index (χ1) is 9.56. The third-order valence-electron chi connectivity index (χ3n) is 3.77. The standard InChI is InChI=1S/C16H28N2O2/c1-12(2)17-10-16-9-14(13(3)20-16)11-19-8-7-18(4)15-5-6-15/h9,12,15,17H,5-8,10-11H2,1-4H3. The van der Waals surface area contributed by atoms with Crippen molar-refractivity contribution in [1.29, 1.82) is 0 Å². The summed E-state index contributed by atoms with van der Waals surface area (Å²) in [6.45, 7) is 9.51. The fourth-order valence-electron chi connectivity index (χ4n) is 2.21. The van der Waals surface area contributed by atoms with E-state index in [1.165, 1.54) is 18.4 Å². The molecule has 0 atom stereocenters. The van der Waals surface area contributed by atoms with Crippen LogP contribution in [0.5, 0.6) is 0 Å². The summed E-state index contributed by atoms with van der Waals surface area (Å²) in [5.41, 5.74) is 1.17. The highest BCUT2D eigenvalue weighted by Crippen LogP contribution is 2.24. The quantitative estimate of drug-likeness (QED) is 0.706. The molecule has 0 amide bonds. The number of nitrogens with one attached hydrogen (secondary N) is 1. The van der Waals surface area contributed by atoms with Crippen molar-refractivity contribution in [1.82, 2.24) is 10.2 Å². The second-order valence-electron chi connectivity index (χ2n) is 6.09. The molecule has 4 nitrogen and oxygen atoms in total. The van der Waals surface area contributed by atoms with Crippen LogP contribution in [0.2, 0.25) is 0 Å². The monoisotopic (exact) mass is 280 g/mol. The molecule has 1 saturated carbocycles. The largest absolute Gasteiger partial charge is 0.465 e. The molecule has 0 saturated heterocycles. The Morgan fingerprint density at radius 1 is 1.45 bits per heavy atom. The zero-order valence-electron chi connectivity index (χ0n) is 13.2.